The van der Waals surface area contributed by atoms with Crippen LogP contribution in [0.5, 0.6) is 0 Å². The quantitative estimate of drug-likeness (QED) is 0.728. The van der Waals surface area contributed by atoms with E-state index in [2.05, 4.69) is 17.6 Å². The molecule has 0 saturated heterocycles. The average Bonchev–Trinajstić information content (AvgIpc) is 2.54. The van der Waals surface area contributed by atoms with E-state index >= 15 is 0 Å². The molecule has 5 heteroatoms. The van der Waals surface area contributed by atoms with Crippen molar-refractivity contribution in [1.82, 2.24) is 0 Å². The molecule has 0 heterocycles. The fraction of sp³-hybridized carbons (Fsp3) is 0.278. The summed E-state index contributed by atoms with van der Waals surface area (Å²) in [5, 5.41) is 6.37. The van der Waals surface area contributed by atoms with Gasteiger partial charge in [0.1, 0.15) is 5.82 Å². The van der Waals surface area contributed by atoms with Crippen molar-refractivity contribution in [3.8, 4) is 0 Å². The molecule has 0 spiro atoms. The number of anilines is 2. The van der Waals surface area contributed by atoms with Crippen LogP contribution >= 0.6 is 11.6 Å². The van der Waals surface area contributed by atoms with Crippen molar-refractivity contribution in [2.75, 3.05) is 10.6 Å². The predicted octanol–water partition coefficient (Wildman–Crippen LogP) is 5.22. The molecule has 0 unspecified atom stereocenters. The number of carbonyl (C=O) groups is 1. The summed E-state index contributed by atoms with van der Waals surface area (Å²) in [6.07, 6.45) is 2.41. The van der Waals surface area contributed by atoms with Crippen molar-refractivity contribution in [2.24, 2.45) is 0 Å². The molecular weight excluding hydrogens is 315 g/mol. The zero-order valence-electron chi connectivity index (χ0n) is 13.0. The van der Waals surface area contributed by atoms with Gasteiger partial charge in [-0.05, 0) is 42.8 Å². The standard InChI is InChI=1S/C18H20ClFN2O/c1-2-3-7-18(23)22-14-10-8-13(9-11-14)21-12-15-16(19)5-4-6-17(15)20/h4-6,8-11,21H,2-3,7,12H2,1H3,(H,22,23). The van der Waals surface area contributed by atoms with Gasteiger partial charge in [0.15, 0.2) is 0 Å². The van der Waals surface area contributed by atoms with Crippen molar-refractivity contribution in [2.45, 2.75) is 32.7 Å². The minimum Gasteiger partial charge on any atom is -0.381 e. The van der Waals surface area contributed by atoms with Crippen LogP contribution in [0.3, 0.4) is 0 Å². The van der Waals surface area contributed by atoms with Gasteiger partial charge in [0.25, 0.3) is 0 Å². The summed E-state index contributed by atoms with van der Waals surface area (Å²) in [5.74, 6) is -0.310. The van der Waals surface area contributed by atoms with E-state index in [-0.39, 0.29) is 11.7 Å². The van der Waals surface area contributed by atoms with Crippen molar-refractivity contribution in [3.05, 3.63) is 58.9 Å². The highest BCUT2D eigenvalue weighted by atomic mass is 35.5. The Labute approximate surface area is 140 Å². The Morgan fingerprint density at radius 3 is 2.48 bits per heavy atom. The van der Waals surface area contributed by atoms with Gasteiger partial charge in [0.2, 0.25) is 5.91 Å². The Morgan fingerprint density at radius 2 is 1.83 bits per heavy atom. The summed E-state index contributed by atoms with van der Waals surface area (Å²) in [7, 11) is 0. The number of halogens is 2. The summed E-state index contributed by atoms with van der Waals surface area (Å²) in [4.78, 5) is 11.7. The molecule has 0 bridgehead atoms. The molecule has 0 aromatic heterocycles. The Balaban J connectivity index is 1.91. The first kappa shape index (κ1) is 17.3. The van der Waals surface area contributed by atoms with Gasteiger partial charge >= 0.3 is 0 Å². The number of hydrogen-bond acceptors (Lipinski definition) is 2. The molecule has 0 radical (unpaired) electrons. The van der Waals surface area contributed by atoms with Gasteiger partial charge in [0.05, 0.1) is 0 Å². The SMILES string of the molecule is CCCCC(=O)Nc1ccc(NCc2c(F)cccc2Cl)cc1. The molecule has 0 aliphatic carbocycles. The number of benzene rings is 2. The Kier molecular flexibility index (Phi) is 6.41. The van der Waals surface area contributed by atoms with Crippen LogP contribution in [0.1, 0.15) is 31.7 Å². The average molecular weight is 335 g/mol. The van der Waals surface area contributed by atoms with E-state index in [0.29, 0.717) is 23.6 Å². The third-order valence-corrected chi connectivity index (χ3v) is 3.81. The Hall–Kier alpha value is -2.07. The third-order valence-electron chi connectivity index (χ3n) is 3.46. The molecule has 3 nitrogen and oxygen atoms in total. The molecule has 0 saturated carbocycles. The van der Waals surface area contributed by atoms with Crippen molar-refractivity contribution < 1.29 is 9.18 Å². The van der Waals surface area contributed by atoms with Crippen LogP contribution in [0.25, 0.3) is 0 Å². The first-order valence-electron chi connectivity index (χ1n) is 7.67. The van der Waals surface area contributed by atoms with E-state index in [9.17, 15) is 9.18 Å². The maximum Gasteiger partial charge on any atom is 0.224 e. The van der Waals surface area contributed by atoms with Crippen LogP contribution < -0.4 is 10.6 Å². The number of rotatable bonds is 7. The van der Waals surface area contributed by atoms with Crippen molar-refractivity contribution >= 4 is 28.9 Å². The molecule has 122 valence electrons. The van der Waals surface area contributed by atoms with Gasteiger partial charge < -0.3 is 10.6 Å². The largest absolute Gasteiger partial charge is 0.381 e. The second kappa shape index (κ2) is 8.53. The molecule has 2 aromatic rings. The second-order valence-electron chi connectivity index (χ2n) is 5.28. The molecule has 0 atom stereocenters. The fourth-order valence-corrected chi connectivity index (χ4v) is 2.35. The molecule has 0 fully saturated rings. The lowest BCUT2D eigenvalue weighted by molar-refractivity contribution is -0.116. The van der Waals surface area contributed by atoms with E-state index < -0.39 is 0 Å². The molecule has 2 rings (SSSR count). The maximum atomic E-state index is 13.7. The molecule has 2 aromatic carbocycles. The van der Waals surface area contributed by atoms with Crippen molar-refractivity contribution in [3.63, 3.8) is 0 Å². The predicted molar refractivity (Wildman–Crippen MR) is 93.3 cm³/mol. The van der Waals surface area contributed by atoms with Gasteiger partial charge in [-0.1, -0.05) is 31.0 Å². The Morgan fingerprint density at radius 1 is 1.13 bits per heavy atom. The summed E-state index contributed by atoms with van der Waals surface area (Å²) in [6, 6.07) is 11.9. The zero-order valence-corrected chi connectivity index (χ0v) is 13.8. The number of nitrogens with one attached hydrogen (secondary N) is 2. The van der Waals surface area contributed by atoms with Crippen LogP contribution in [0.15, 0.2) is 42.5 Å². The lowest BCUT2D eigenvalue weighted by atomic mass is 10.2. The normalized spacial score (nSPS) is 10.4. The lowest BCUT2D eigenvalue weighted by Gasteiger charge is -2.10. The monoisotopic (exact) mass is 334 g/mol. The van der Waals surface area contributed by atoms with Crippen LogP contribution in [-0.4, -0.2) is 5.91 Å². The number of amides is 1. The van der Waals surface area contributed by atoms with Crippen LogP contribution in [0.2, 0.25) is 5.02 Å². The molecule has 0 aliphatic rings. The van der Waals surface area contributed by atoms with Gasteiger partial charge in [-0.2, -0.15) is 0 Å². The molecule has 1 amide bonds. The maximum absolute atomic E-state index is 13.7. The molecule has 23 heavy (non-hydrogen) atoms. The second-order valence-corrected chi connectivity index (χ2v) is 5.69. The third kappa shape index (κ3) is 5.25. The van der Waals surface area contributed by atoms with Gasteiger partial charge in [-0.15, -0.1) is 0 Å². The van der Waals surface area contributed by atoms with Gasteiger partial charge in [0, 0.05) is 34.9 Å². The number of unbranched alkanes of at least 4 members (excludes halogenated alkanes) is 1. The van der Waals surface area contributed by atoms with Gasteiger partial charge in [-0.3, -0.25) is 4.79 Å². The lowest BCUT2D eigenvalue weighted by Crippen LogP contribution is -2.10. The van der Waals surface area contributed by atoms with Crippen LogP contribution in [0.4, 0.5) is 15.8 Å². The number of hydrogen-bond donors (Lipinski definition) is 2. The smallest absolute Gasteiger partial charge is 0.224 e. The van der Waals surface area contributed by atoms with Crippen LogP contribution in [0, 0.1) is 5.82 Å². The zero-order chi connectivity index (χ0) is 16.7. The highest BCUT2D eigenvalue weighted by Gasteiger charge is 2.06. The number of carbonyl (C=O) groups excluding carboxylic acids is 1. The minimum absolute atomic E-state index is 0.0192. The first-order chi connectivity index (χ1) is 11.1. The molecule has 2 N–H and O–H groups in total. The summed E-state index contributed by atoms with van der Waals surface area (Å²) < 4.78 is 13.7. The highest BCUT2D eigenvalue weighted by molar-refractivity contribution is 6.31. The van der Waals surface area contributed by atoms with E-state index in [1.165, 1.54) is 6.07 Å². The topological polar surface area (TPSA) is 41.1 Å². The summed E-state index contributed by atoms with van der Waals surface area (Å²) in [5.41, 5.74) is 2.02. The Bertz CT molecular complexity index is 638. The molecular formula is C18H20ClFN2O. The fourth-order valence-electron chi connectivity index (χ4n) is 2.12. The highest BCUT2D eigenvalue weighted by Crippen LogP contribution is 2.21. The van der Waals surface area contributed by atoms with E-state index in [1.54, 1.807) is 12.1 Å². The summed E-state index contributed by atoms with van der Waals surface area (Å²) in [6.45, 7) is 2.35. The minimum atomic E-state index is -0.329. The summed E-state index contributed by atoms with van der Waals surface area (Å²) >= 11 is 5.99. The van der Waals surface area contributed by atoms with E-state index in [0.717, 1.165) is 24.2 Å². The van der Waals surface area contributed by atoms with E-state index in [4.69, 9.17) is 11.6 Å². The van der Waals surface area contributed by atoms with Gasteiger partial charge in [-0.25, -0.2) is 4.39 Å². The van der Waals surface area contributed by atoms with E-state index in [1.807, 2.05) is 24.3 Å². The van der Waals surface area contributed by atoms with Crippen molar-refractivity contribution in [1.29, 1.82) is 0 Å². The van der Waals surface area contributed by atoms with Crippen LogP contribution in [-0.2, 0) is 11.3 Å². The first-order valence-corrected chi connectivity index (χ1v) is 8.04. The molecule has 0 aliphatic heterocycles.